The number of hydrogen-bond donors (Lipinski definition) is 3. The van der Waals surface area contributed by atoms with Crippen LogP contribution in [0.1, 0.15) is 6.42 Å². The van der Waals surface area contributed by atoms with Crippen LogP contribution in [0.5, 0.6) is 11.5 Å². The van der Waals surface area contributed by atoms with E-state index in [1.807, 2.05) is 0 Å². The second-order valence-electron chi connectivity index (χ2n) is 4.16. The summed E-state index contributed by atoms with van der Waals surface area (Å²) in [6.45, 7) is 1.78. The van der Waals surface area contributed by atoms with Crippen molar-refractivity contribution in [3.63, 3.8) is 0 Å². The summed E-state index contributed by atoms with van der Waals surface area (Å²) < 4.78 is 4.97. The Balaban J connectivity index is 1.95. The fraction of sp³-hybridized carbons (Fsp3) is 0.417. The first-order chi connectivity index (χ1) is 8.19. The van der Waals surface area contributed by atoms with Gasteiger partial charge in [0.1, 0.15) is 11.5 Å². The molecule has 1 saturated heterocycles. The number of hydrogen-bond acceptors (Lipinski definition) is 4. The van der Waals surface area contributed by atoms with Crippen LogP contribution in [-0.4, -0.2) is 31.2 Å². The standard InChI is InChI=1S/C12H16N2O3/c1-17-9-2-3-10(11(15)5-9)14-12(16)4-8-6-13-7-8/h2-3,5,8,13,15H,4,6-7H2,1H3,(H,14,16). The van der Waals surface area contributed by atoms with E-state index < -0.39 is 0 Å². The Hall–Kier alpha value is -1.75. The topological polar surface area (TPSA) is 70.6 Å². The normalized spacial score (nSPS) is 15.1. The maximum Gasteiger partial charge on any atom is 0.224 e. The third-order valence-corrected chi connectivity index (χ3v) is 2.82. The molecule has 1 aromatic rings. The lowest BCUT2D eigenvalue weighted by atomic mass is 9.99. The van der Waals surface area contributed by atoms with Gasteiger partial charge in [0.05, 0.1) is 12.8 Å². The van der Waals surface area contributed by atoms with Crippen molar-refractivity contribution in [2.75, 3.05) is 25.5 Å². The second kappa shape index (κ2) is 5.05. The molecule has 0 aliphatic carbocycles. The number of benzene rings is 1. The molecule has 3 N–H and O–H groups in total. The predicted octanol–water partition coefficient (Wildman–Crippen LogP) is 0.949. The summed E-state index contributed by atoms with van der Waals surface area (Å²) in [5.74, 6) is 0.917. The van der Waals surface area contributed by atoms with Gasteiger partial charge >= 0.3 is 0 Å². The van der Waals surface area contributed by atoms with Gasteiger partial charge in [-0.1, -0.05) is 0 Å². The van der Waals surface area contributed by atoms with Gasteiger partial charge in [0.15, 0.2) is 0 Å². The molecule has 1 heterocycles. The number of methoxy groups -OCH3 is 1. The fourth-order valence-electron chi connectivity index (χ4n) is 1.70. The number of anilines is 1. The van der Waals surface area contributed by atoms with Crippen molar-refractivity contribution in [1.82, 2.24) is 5.32 Å². The summed E-state index contributed by atoms with van der Waals surface area (Å²) in [5, 5.41) is 15.5. The highest BCUT2D eigenvalue weighted by atomic mass is 16.5. The molecule has 92 valence electrons. The van der Waals surface area contributed by atoms with E-state index in [9.17, 15) is 9.90 Å². The molecule has 17 heavy (non-hydrogen) atoms. The molecule has 0 aromatic heterocycles. The SMILES string of the molecule is COc1ccc(NC(=O)CC2CNC2)c(O)c1. The van der Waals surface area contributed by atoms with Crippen molar-refractivity contribution in [3.8, 4) is 11.5 Å². The summed E-state index contributed by atoms with van der Waals surface area (Å²) in [6, 6.07) is 4.80. The Morgan fingerprint density at radius 3 is 2.88 bits per heavy atom. The van der Waals surface area contributed by atoms with Crippen molar-refractivity contribution >= 4 is 11.6 Å². The molecule has 0 unspecified atom stereocenters. The molecular formula is C12H16N2O3. The third kappa shape index (κ3) is 2.88. The summed E-state index contributed by atoms with van der Waals surface area (Å²) in [5.41, 5.74) is 0.420. The number of phenols is 1. The van der Waals surface area contributed by atoms with Crippen LogP contribution in [0.4, 0.5) is 5.69 Å². The Labute approximate surface area is 99.8 Å². The number of rotatable bonds is 4. The minimum Gasteiger partial charge on any atom is -0.506 e. The minimum atomic E-state index is -0.0723. The molecule has 0 bridgehead atoms. The summed E-state index contributed by atoms with van der Waals surface area (Å²) >= 11 is 0. The van der Waals surface area contributed by atoms with Gasteiger partial charge in [-0.15, -0.1) is 0 Å². The van der Waals surface area contributed by atoms with Gasteiger partial charge in [0, 0.05) is 12.5 Å². The Morgan fingerprint density at radius 2 is 2.35 bits per heavy atom. The summed E-state index contributed by atoms with van der Waals surface area (Å²) in [4.78, 5) is 11.6. The quantitative estimate of drug-likeness (QED) is 0.681. The molecule has 1 aliphatic heterocycles. The highest BCUT2D eigenvalue weighted by Crippen LogP contribution is 2.28. The van der Waals surface area contributed by atoms with Crippen molar-refractivity contribution in [3.05, 3.63) is 18.2 Å². The van der Waals surface area contributed by atoms with Crippen molar-refractivity contribution in [1.29, 1.82) is 0 Å². The van der Waals surface area contributed by atoms with E-state index >= 15 is 0 Å². The first-order valence-electron chi connectivity index (χ1n) is 5.56. The smallest absolute Gasteiger partial charge is 0.224 e. The zero-order valence-electron chi connectivity index (χ0n) is 9.69. The number of amides is 1. The number of ether oxygens (including phenoxy) is 1. The number of aromatic hydroxyl groups is 1. The van der Waals surface area contributed by atoms with Crippen LogP contribution in [0.3, 0.4) is 0 Å². The van der Waals surface area contributed by atoms with E-state index in [-0.39, 0.29) is 11.7 Å². The minimum absolute atomic E-state index is 0.0180. The molecule has 0 radical (unpaired) electrons. The van der Waals surface area contributed by atoms with Crippen molar-refractivity contribution < 1.29 is 14.6 Å². The highest BCUT2D eigenvalue weighted by molar-refractivity contribution is 5.92. The van der Waals surface area contributed by atoms with E-state index in [0.29, 0.717) is 23.8 Å². The van der Waals surface area contributed by atoms with E-state index in [1.165, 1.54) is 13.2 Å². The molecule has 0 spiro atoms. The average Bonchev–Trinajstić information content (AvgIpc) is 2.26. The van der Waals surface area contributed by atoms with E-state index in [0.717, 1.165) is 13.1 Å². The van der Waals surface area contributed by atoms with E-state index in [4.69, 9.17) is 4.74 Å². The summed E-state index contributed by atoms with van der Waals surface area (Å²) in [6.07, 6.45) is 0.485. The lowest BCUT2D eigenvalue weighted by Gasteiger charge is -2.26. The fourth-order valence-corrected chi connectivity index (χ4v) is 1.70. The van der Waals surface area contributed by atoms with Crippen molar-refractivity contribution in [2.24, 2.45) is 5.92 Å². The molecule has 0 saturated carbocycles. The van der Waals surface area contributed by atoms with E-state index in [1.54, 1.807) is 12.1 Å². The van der Waals surface area contributed by atoms with Crippen LogP contribution in [0, 0.1) is 5.92 Å². The number of carbonyl (C=O) groups excluding carboxylic acids is 1. The number of carbonyl (C=O) groups is 1. The first-order valence-corrected chi connectivity index (χ1v) is 5.56. The van der Waals surface area contributed by atoms with E-state index in [2.05, 4.69) is 10.6 Å². The van der Waals surface area contributed by atoms with Crippen LogP contribution in [0.25, 0.3) is 0 Å². The van der Waals surface area contributed by atoms with Crippen LogP contribution in [0.2, 0.25) is 0 Å². The molecular weight excluding hydrogens is 220 g/mol. The first kappa shape index (κ1) is 11.7. The summed E-state index contributed by atoms with van der Waals surface area (Å²) in [7, 11) is 1.52. The number of phenolic OH excluding ortho intramolecular Hbond substituents is 1. The van der Waals surface area contributed by atoms with Gasteiger partial charge in [-0.2, -0.15) is 0 Å². The maximum absolute atomic E-state index is 11.6. The number of nitrogens with one attached hydrogen (secondary N) is 2. The van der Waals surface area contributed by atoms with Gasteiger partial charge in [0.25, 0.3) is 0 Å². The van der Waals surface area contributed by atoms with Gasteiger partial charge in [-0.3, -0.25) is 4.79 Å². The van der Waals surface area contributed by atoms with Crippen LogP contribution in [0.15, 0.2) is 18.2 Å². The Kier molecular flexibility index (Phi) is 3.49. The van der Waals surface area contributed by atoms with Gasteiger partial charge < -0.3 is 20.5 Å². The Bertz CT molecular complexity index is 416. The third-order valence-electron chi connectivity index (χ3n) is 2.82. The van der Waals surface area contributed by atoms with Gasteiger partial charge in [-0.25, -0.2) is 0 Å². The second-order valence-corrected chi connectivity index (χ2v) is 4.16. The highest BCUT2D eigenvalue weighted by Gasteiger charge is 2.20. The maximum atomic E-state index is 11.6. The lowest BCUT2D eigenvalue weighted by molar-refractivity contribution is -0.117. The van der Waals surface area contributed by atoms with Crippen LogP contribution in [-0.2, 0) is 4.79 Å². The van der Waals surface area contributed by atoms with Gasteiger partial charge in [0.2, 0.25) is 5.91 Å². The molecule has 0 atom stereocenters. The van der Waals surface area contributed by atoms with Gasteiger partial charge in [-0.05, 0) is 31.1 Å². The van der Waals surface area contributed by atoms with Crippen LogP contribution < -0.4 is 15.4 Å². The zero-order chi connectivity index (χ0) is 12.3. The molecule has 1 aliphatic rings. The largest absolute Gasteiger partial charge is 0.506 e. The van der Waals surface area contributed by atoms with Crippen LogP contribution >= 0.6 is 0 Å². The molecule has 1 fully saturated rings. The lowest BCUT2D eigenvalue weighted by Crippen LogP contribution is -2.43. The Morgan fingerprint density at radius 1 is 1.59 bits per heavy atom. The predicted molar refractivity (Wildman–Crippen MR) is 64.3 cm³/mol. The average molecular weight is 236 g/mol. The molecule has 2 rings (SSSR count). The zero-order valence-corrected chi connectivity index (χ0v) is 9.69. The molecule has 5 nitrogen and oxygen atoms in total. The molecule has 5 heteroatoms. The van der Waals surface area contributed by atoms with Crippen molar-refractivity contribution in [2.45, 2.75) is 6.42 Å². The molecule has 1 amide bonds. The monoisotopic (exact) mass is 236 g/mol. The molecule has 1 aromatic carbocycles.